The SMILES string of the molecule is CC(C)N(Cc1cc(Br)cc2c1OCC2)CC1CCCN1. The monoisotopic (exact) mass is 352 g/mol. The zero-order chi connectivity index (χ0) is 14.8. The second-order valence-corrected chi connectivity index (χ2v) is 7.38. The van der Waals surface area contributed by atoms with Crippen LogP contribution in [0, 0.1) is 0 Å². The lowest BCUT2D eigenvalue weighted by Crippen LogP contribution is -2.40. The molecule has 0 saturated carbocycles. The van der Waals surface area contributed by atoms with Crippen LogP contribution >= 0.6 is 15.9 Å². The van der Waals surface area contributed by atoms with Crippen molar-refractivity contribution in [3.63, 3.8) is 0 Å². The first kappa shape index (κ1) is 15.3. The molecule has 1 N–H and O–H groups in total. The summed E-state index contributed by atoms with van der Waals surface area (Å²) in [7, 11) is 0. The summed E-state index contributed by atoms with van der Waals surface area (Å²) in [5, 5.41) is 3.61. The standard InChI is InChI=1S/C17H25BrN2O/c1-12(2)20(11-16-4-3-6-19-16)10-14-9-15(18)8-13-5-7-21-17(13)14/h8-9,12,16,19H,3-7,10-11H2,1-2H3. The minimum absolute atomic E-state index is 0.545. The predicted molar refractivity (Wildman–Crippen MR) is 89.9 cm³/mol. The van der Waals surface area contributed by atoms with E-state index >= 15 is 0 Å². The second kappa shape index (κ2) is 6.67. The smallest absolute Gasteiger partial charge is 0.127 e. The van der Waals surface area contributed by atoms with Gasteiger partial charge in [0.2, 0.25) is 0 Å². The summed E-state index contributed by atoms with van der Waals surface area (Å²) in [6.45, 7) is 8.66. The van der Waals surface area contributed by atoms with E-state index < -0.39 is 0 Å². The Morgan fingerprint density at radius 1 is 1.43 bits per heavy atom. The highest BCUT2D eigenvalue weighted by Gasteiger charge is 2.23. The summed E-state index contributed by atoms with van der Waals surface area (Å²) in [5.74, 6) is 1.13. The molecule has 0 spiro atoms. The average Bonchev–Trinajstić information content (AvgIpc) is 3.08. The zero-order valence-electron chi connectivity index (χ0n) is 13.0. The maximum Gasteiger partial charge on any atom is 0.127 e. The van der Waals surface area contributed by atoms with Gasteiger partial charge in [-0.15, -0.1) is 0 Å². The quantitative estimate of drug-likeness (QED) is 0.879. The van der Waals surface area contributed by atoms with Gasteiger partial charge in [0.15, 0.2) is 0 Å². The largest absolute Gasteiger partial charge is 0.493 e. The van der Waals surface area contributed by atoms with E-state index in [1.165, 1.54) is 35.0 Å². The summed E-state index contributed by atoms with van der Waals surface area (Å²) in [6, 6.07) is 5.61. The molecule has 2 aliphatic rings. The van der Waals surface area contributed by atoms with E-state index in [9.17, 15) is 0 Å². The number of nitrogens with one attached hydrogen (secondary N) is 1. The Balaban J connectivity index is 1.76. The molecule has 0 aromatic heterocycles. The van der Waals surface area contributed by atoms with Gasteiger partial charge in [0.05, 0.1) is 6.61 Å². The number of fused-ring (bicyclic) bond motifs is 1. The summed E-state index contributed by atoms with van der Waals surface area (Å²) < 4.78 is 7.04. The molecule has 1 aromatic rings. The van der Waals surface area contributed by atoms with Gasteiger partial charge in [0, 0.05) is 41.6 Å². The minimum Gasteiger partial charge on any atom is -0.493 e. The molecule has 116 valence electrons. The molecule has 3 rings (SSSR count). The van der Waals surface area contributed by atoms with E-state index in [2.05, 4.69) is 52.1 Å². The second-order valence-electron chi connectivity index (χ2n) is 6.47. The normalized spacial score (nSPS) is 21.1. The van der Waals surface area contributed by atoms with Gasteiger partial charge in [0.1, 0.15) is 5.75 Å². The number of ether oxygens (including phenoxy) is 1. The predicted octanol–water partition coefficient (Wildman–Crippen LogP) is 3.35. The molecule has 21 heavy (non-hydrogen) atoms. The molecule has 0 amide bonds. The Hall–Kier alpha value is -0.580. The fourth-order valence-corrected chi connectivity index (χ4v) is 3.89. The maximum atomic E-state index is 5.87. The molecule has 2 aliphatic heterocycles. The van der Waals surface area contributed by atoms with Crippen molar-refractivity contribution in [1.82, 2.24) is 10.2 Å². The van der Waals surface area contributed by atoms with E-state index in [1.807, 2.05) is 0 Å². The highest BCUT2D eigenvalue weighted by molar-refractivity contribution is 9.10. The molecule has 4 heteroatoms. The van der Waals surface area contributed by atoms with Crippen LogP contribution in [0.5, 0.6) is 5.75 Å². The van der Waals surface area contributed by atoms with Crippen LogP contribution in [0.3, 0.4) is 0 Å². The molecule has 0 bridgehead atoms. The zero-order valence-corrected chi connectivity index (χ0v) is 14.6. The van der Waals surface area contributed by atoms with E-state index in [4.69, 9.17) is 4.74 Å². The van der Waals surface area contributed by atoms with Crippen molar-refractivity contribution in [2.24, 2.45) is 0 Å². The summed E-state index contributed by atoms with van der Waals surface area (Å²) in [4.78, 5) is 2.56. The number of hydrogen-bond donors (Lipinski definition) is 1. The topological polar surface area (TPSA) is 24.5 Å². The van der Waals surface area contributed by atoms with Crippen molar-refractivity contribution in [1.29, 1.82) is 0 Å². The van der Waals surface area contributed by atoms with Crippen LogP contribution in [0.15, 0.2) is 16.6 Å². The number of hydrogen-bond acceptors (Lipinski definition) is 3. The Morgan fingerprint density at radius 2 is 2.29 bits per heavy atom. The fourth-order valence-electron chi connectivity index (χ4n) is 3.34. The van der Waals surface area contributed by atoms with Crippen LogP contribution in [0.2, 0.25) is 0 Å². The molecule has 1 unspecified atom stereocenters. The van der Waals surface area contributed by atoms with Gasteiger partial charge in [-0.2, -0.15) is 0 Å². The first-order valence-electron chi connectivity index (χ1n) is 8.05. The first-order chi connectivity index (χ1) is 10.1. The van der Waals surface area contributed by atoms with Crippen molar-refractivity contribution in [2.75, 3.05) is 19.7 Å². The van der Waals surface area contributed by atoms with Gasteiger partial charge in [-0.1, -0.05) is 15.9 Å². The molecule has 3 nitrogen and oxygen atoms in total. The number of benzene rings is 1. The lowest BCUT2D eigenvalue weighted by molar-refractivity contribution is 0.191. The average molecular weight is 353 g/mol. The van der Waals surface area contributed by atoms with Crippen LogP contribution in [0.4, 0.5) is 0 Å². The molecule has 1 atom stereocenters. The van der Waals surface area contributed by atoms with Gasteiger partial charge in [-0.05, 0) is 50.9 Å². The molecular weight excluding hydrogens is 328 g/mol. The van der Waals surface area contributed by atoms with Crippen molar-refractivity contribution >= 4 is 15.9 Å². The van der Waals surface area contributed by atoms with Crippen molar-refractivity contribution in [2.45, 2.75) is 51.7 Å². The summed E-state index contributed by atoms with van der Waals surface area (Å²) in [5.41, 5.74) is 2.67. The molecule has 0 radical (unpaired) electrons. The Morgan fingerprint density at radius 3 is 3.00 bits per heavy atom. The first-order valence-corrected chi connectivity index (χ1v) is 8.84. The fraction of sp³-hybridized carbons (Fsp3) is 0.647. The highest BCUT2D eigenvalue weighted by atomic mass is 79.9. The minimum atomic E-state index is 0.545. The van der Waals surface area contributed by atoms with E-state index in [1.54, 1.807) is 0 Å². The third-order valence-corrected chi connectivity index (χ3v) is 5.00. The number of rotatable bonds is 5. The number of nitrogens with zero attached hydrogens (tertiary/aromatic N) is 1. The highest BCUT2D eigenvalue weighted by Crippen LogP contribution is 2.34. The van der Waals surface area contributed by atoms with Crippen LogP contribution in [0.1, 0.15) is 37.8 Å². The third-order valence-electron chi connectivity index (χ3n) is 4.55. The molecule has 1 aromatic carbocycles. The van der Waals surface area contributed by atoms with Crippen molar-refractivity contribution in [3.05, 3.63) is 27.7 Å². The van der Waals surface area contributed by atoms with Gasteiger partial charge in [-0.25, -0.2) is 0 Å². The molecule has 2 heterocycles. The van der Waals surface area contributed by atoms with Crippen LogP contribution < -0.4 is 10.1 Å². The molecule has 1 saturated heterocycles. The van der Waals surface area contributed by atoms with Crippen LogP contribution in [-0.2, 0) is 13.0 Å². The van der Waals surface area contributed by atoms with Crippen molar-refractivity contribution in [3.8, 4) is 5.75 Å². The summed E-state index contributed by atoms with van der Waals surface area (Å²) >= 11 is 3.64. The van der Waals surface area contributed by atoms with E-state index in [0.717, 1.165) is 31.9 Å². The molecular formula is C17H25BrN2O. The lowest BCUT2D eigenvalue weighted by atomic mass is 10.1. The lowest BCUT2D eigenvalue weighted by Gasteiger charge is -2.30. The summed E-state index contributed by atoms with van der Waals surface area (Å²) in [6.07, 6.45) is 3.65. The number of halogens is 1. The van der Waals surface area contributed by atoms with Crippen LogP contribution in [0.25, 0.3) is 0 Å². The van der Waals surface area contributed by atoms with E-state index in [-0.39, 0.29) is 0 Å². The van der Waals surface area contributed by atoms with E-state index in [0.29, 0.717) is 12.1 Å². The van der Waals surface area contributed by atoms with Crippen LogP contribution in [-0.4, -0.2) is 36.7 Å². The van der Waals surface area contributed by atoms with Crippen molar-refractivity contribution < 1.29 is 4.74 Å². The Bertz CT molecular complexity index is 498. The maximum absolute atomic E-state index is 5.87. The van der Waals surface area contributed by atoms with Gasteiger partial charge >= 0.3 is 0 Å². The van der Waals surface area contributed by atoms with Gasteiger partial charge in [-0.3, -0.25) is 4.90 Å². The molecule has 1 fully saturated rings. The van der Waals surface area contributed by atoms with Gasteiger partial charge in [0.25, 0.3) is 0 Å². The Kier molecular flexibility index (Phi) is 4.87. The Labute approximate surface area is 136 Å². The third kappa shape index (κ3) is 3.61. The van der Waals surface area contributed by atoms with Gasteiger partial charge < -0.3 is 10.1 Å². The molecule has 0 aliphatic carbocycles.